The Morgan fingerprint density at radius 1 is 1.33 bits per heavy atom. The Balaban J connectivity index is 1.90. The zero-order valence-corrected chi connectivity index (χ0v) is 13.8. The van der Waals surface area contributed by atoms with Crippen molar-refractivity contribution in [2.75, 3.05) is 0 Å². The first-order valence-corrected chi connectivity index (χ1v) is 8.60. The lowest BCUT2D eigenvalue weighted by Gasteiger charge is -2.35. The van der Waals surface area contributed by atoms with Crippen LogP contribution in [-0.2, 0) is 12.8 Å². The van der Waals surface area contributed by atoms with E-state index in [-0.39, 0.29) is 0 Å². The van der Waals surface area contributed by atoms with Crippen LogP contribution in [0.1, 0.15) is 44.2 Å². The summed E-state index contributed by atoms with van der Waals surface area (Å²) in [4.78, 5) is 6.20. The molecule has 1 atom stereocenters. The Bertz CT molecular complexity index is 644. The van der Waals surface area contributed by atoms with Crippen molar-refractivity contribution in [1.82, 2.24) is 4.98 Å². The van der Waals surface area contributed by atoms with Crippen molar-refractivity contribution in [2.24, 2.45) is 11.3 Å². The van der Waals surface area contributed by atoms with Crippen molar-refractivity contribution in [2.45, 2.75) is 46.5 Å². The van der Waals surface area contributed by atoms with Crippen LogP contribution < -0.4 is 0 Å². The maximum Gasteiger partial charge on any atom is 0.127 e. The summed E-state index contributed by atoms with van der Waals surface area (Å²) in [5.74, 6) is 1.07. The number of rotatable bonds is 3. The van der Waals surface area contributed by atoms with Crippen LogP contribution in [0.4, 0.5) is 0 Å². The molecule has 3 heteroatoms. The number of para-hydroxylation sites is 1. The summed E-state index contributed by atoms with van der Waals surface area (Å²) in [5.41, 5.74) is 2.51. The number of aryl methyl sites for hydroxylation is 1. The summed E-state index contributed by atoms with van der Waals surface area (Å²) in [7, 11) is 0. The predicted octanol–water partition coefficient (Wildman–Crippen LogP) is 5.06. The number of phenolic OH excluding ortho intramolecular Hbond substituents is 1. The summed E-state index contributed by atoms with van der Waals surface area (Å²) in [6.45, 7) is 7.05. The molecule has 0 saturated carbocycles. The summed E-state index contributed by atoms with van der Waals surface area (Å²) < 4.78 is 0. The smallest absolute Gasteiger partial charge is 0.127 e. The highest BCUT2D eigenvalue weighted by molar-refractivity contribution is 7.15. The molecule has 0 aliphatic heterocycles. The second-order valence-electron chi connectivity index (χ2n) is 6.69. The van der Waals surface area contributed by atoms with Gasteiger partial charge in [-0.3, -0.25) is 0 Å². The molecule has 1 N–H and O–H groups in total. The molecule has 1 aliphatic carbocycles. The molecule has 1 unspecified atom stereocenters. The van der Waals surface area contributed by atoms with E-state index in [1.54, 1.807) is 17.4 Å². The summed E-state index contributed by atoms with van der Waals surface area (Å²) in [6, 6.07) is 7.50. The molecule has 0 saturated heterocycles. The summed E-state index contributed by atoms with van der Waals surface area (Å²) in [6.07, 6.45) is 4.67. The third-order valence-corrected chi connectivity index (χ3v) is 6.24. The van der Waals surface area contributed by atoms with Gasteiger partial charge in [-0.15, -0.1) is 11.3 Å². The fourth-order valence-electron chi connectivity index (χ4n) is 3.10. The molecule has 0 spiro atoms. The van der Waals surface area contributed by atoms with Crippen LogP contribution in [0.15, 0.2) is 24.3 Å². The Hall–Kier alpha value is -1.35. The van der Waals surface area contributed by atoms with Crippen molar-refractivity contribution in [3.63, 3.8) is 0 Å². The molecule has 1 aromatic carbocycles. The summed E-state index contributed by atoms with van der Waals surface area (Å²) in [5, 5.41) is 11.0. The Kier molecular flexibility index (Phi) is 3.78. The molecule has 21 heavy (non-hydrogen) atoms. The van der Waals surface area contributed by atoms with Gasteiger partial charge in [-0.1, -0.05) is 39.3 Å². The largest absolute Gasteiger partial charge is 0.507 e. The van der Waals surface area contributed by atoms with Crippen LogP contribution in [-0.4, -0.2) is 10.1 Å². The predicted molar refractivity (Wildman–Crippen MR) is 88.8 cm³/mol. The second-order valence-corrected chi connectivity index (χ2v) is 7.77. The molecule has 1 heterocycles. The first-order valence-electron chi connectivity index (χ1n) is 7.78. The van der Waals surface area contributed by atoms with Gasteiger partial charge in [-0.2, -0.15) is 0 Å². The molecule has 0 fully saturated rings. The number of benzene rings is 1. The maximum atomic E-state index is 10.0. The third-order valence-electron chi connectivity index (χ3n) is 5.09. The number of thiazole rings is 1. The Morgan fingerprint density at radius 3 is 2.81 bits per heavy atom. The Morgan fingerprint density at radius 2 is 2.10 bits per heavy atom. The van der Waals surface area contributed by atoms with Gasteiger partial charge >= 0.3 is 0 Å². The molecule has 2 aromatic rings. The van der Waals surface area contributed by atoms with Crippen molar-refractivity contribution < 1.29 is 5.11 Å². The lowest BCUT2D eigenvalue weighted by Crippen LogP contribution is -2.28. The molecule has 112 valence electrons. The average molecular weight is 301 g/mol. The van der Waals surface area contributed by atoms with E-state index in [1.165, 1.54) is 23.4 Å². The van der Waals surface area contributed by atoms with E-state index >= 15 is 0 Å². The maximum absolute atomic E-state index is 10.0. The van der Waals surface area contributed by atoms with Crippen molar-refractivity contribution >= 4 is 11.3 Å². The molecular weight excluding hydrogens is 278 g/mol. The SMILES string of the molecule is CCC(C)(C)C1CCc2nc(-c3ccccc3O)sc2C1. The molecule has 1 aromatic heterocycles. The standard InChI is InChI=1S/C18H23NOS/c1-4-18(2,3)12-9-10-14-16(11-12)21-17(19-14)13-7-5-6-8-15(13)20/h5-8,12,20H,4,9-11H2,1-3H3. The molecule has 0 bridgehead atoms. The number of fused-ring (bicyclic) bond motifs is 1. The number of aromatic hydroxyl groups is 1. The van der Waals surface area contributed by atoms with Crippen LogP contribution in [0, 0.1) is 11.3 Å². The van der Waals surface area contributed by atoms with E-state index in [0.717, 1.165) is 29.3 Å². The van der Waals surface area contributed by atoms with Crippen molar-refractivity contribution in [1.29, 1.82) is 0 Å². The van der Waals surface area contributed by atoms with Gasteiger partial charge in [0.25, 0.3) is 0 Å². The van der Waals surface area contributed by atoms with Crippen LogP contribution in [0.25, 0.3) is 10.6 Å². The number of hydrogen-bond donors (Lipinski definition) is 1. The highest BCUT2D eigenvalue weighted by Gasteiger charge is 2.32. The molecular formula is C18H23NOS. The quantitative estimate of drug-likeness (QED) is 0.860. The normalized spacial score (nSPS) is 18.5. The number of phenols is 1. The fraction of sp³-hybridized carbons (Fsp3) is 0.500. The van der Waals surface area contributed by atoms with E-state index in [1.807, 2.05) is 18.2 Å². The van der Waals surface area contributed by atoms with Crippen LogP contribution in [0.3, 0.4) is 0 Å². The van der Waals surface area contributed by atoms with Gasteiger partial charge in [0.1, 0.15) is 10.8 Å². The van der Waals surface area contributed by atoms with Gasteiger partial charge in [0, 0.05) is 4.88 Å². The van der Waals surface area contributed by atoms with Crippen LogP contribution in [0.2, 0.25) is 0 Å². The molecule has 3 rings (SSSR count). The summed E-state index contributed by atoms with van der Waals surface area (Å²) >= 11 is 1.76. The number of aromatic nitrogens is 1. The van der Waals surface area contributed by atoms with E-state index in [9.17, 15) is 5.11 Å². The first kappa shape index (κ1) is 14.6. The van der Waals surface area contributed by atoms with E-state index < -0.39 is 0 Å². The van der Waals surface area contributed by atoms with E-state index in [2.05, 4.69) is 20.8 Å². The lowest BCUT2D eigenvalue weighted by molar-refractivity contribution is 0.183. The van der Waals surface area contributed by atoms with Crippen LogP contribution >= 0.6 is 11.3 Å². The molecule has 2 nitrogen and oxygen atoms in total. The van der Waals surface area contributed by atoms with Gasteiger partial charge in [0.2, 0.25) is 0 Å². The molecule has 1 aliphatic rings. The molecule has 0 radical (unpaired) electrons. The van der Waals surface area contributed by atoms with Crippen LogP contribution in [0.5, 0.6) is 5.75 Å². The van der Waals surface area contributed by atoms with Gasteiger partial charge < -0.3 is 5.11 Å². The van der Waals surface area contributed by atoms with E-state index in [4.69, 9.17) is 4.98 Å². The zero-order chi connectivity index (χ0) is 15.0. The monoisotopic (exact) mass is 301 g/mol. The second kappa shape index (κ2) is 5.45. The van der Waals surface area contributed by atoms with E-state index in [0.29, 0.717) is 11.2 Å². The number of nitrogens with zero attached hydrogens (tertiary/aromatic N) is 1. The topological polar surface area (TPSA) is 33.1 Å². The molecule has 0 amide bonds. The highest BCUT2D eigenvalue weighted by atomic mass is 32.1. The van der Waals surface area contributed by atoms with Gasteiger partial charge in [-0.05, 0) is 42.7 Å². The van der Waals surface area contributed by atoms with Gasteiger partial charge in [-0.25, -0.2) is 4.98 Å². The lowest BCUT2D eigenvalue weighted by atomic mass is 9.70. The highest BCUT2D eigenvalue weighted by Crippen LogP contribution is 2.43. The average Bonchev–Trinajstić information content (AvgIpc) is 2.90. The van der Waals surface area contributed by atoms with Crippen molar-refractivity contribution in [3.05, 3.63) is 34.8 Å². The minimum atomic E-state index is 0.328. The Labute approximate surface area is 130 Å². The fourth-order valence-corrected chi connectivity index (χ4v) is 4.32. The van der Waals surface area contributed by atoms with Gasteiger partial charge in [0.15, 0.2) is 0 Å². The number of hydrogen-bond acceptors (Lipinski definition) is 3. The van der Waals surface area contributed by atoms with Gasteiger partial charge in [0.05, 0.1) is 11.3 Å². The minimum Gasteiger partial charge on any atom is -0.507 e. The minimum absolute atomic E-state index is 0.328. The van der Waals surface area contributed by atoms with Crippen molar-refractivity contribution in [3.8, 4) is 16.3 Å². The third kappa shape index (κ3) is 2.71. The zero-order valence-electron chi connectivity index (χ0n) is 13.0. The first-order chi connectivity index (χ1) is 10.0.